The molecule has 0 fully saturated rings. The molecule has 0 aliphatic carbocycles. The molecule has 158 valence electrons. The van der Waals surface area contributed by atoms with Crippen LogP contribution in [0.3, 0.4) is 0 Å². The second-order valence-corrected chi connectivity index (χ2v) is 7.80. The van der Waals surface area contributed by atoms with Crippen LogP contribution in [-0.4, -0.2) is 27.6 Å². The number of ether oxygens (including phenoxy) is 1. The minimum atomic E-state index is -0.116. The molecule has 0 bridgehead atoms. The summed E-state index contributed by atoms with van der Waals surface area (Å²) in [4.78, 5) is 13.4. The van der Waals surface area contributed by atoms with E-state index < -0.39 is 0 Å². The zero-order valence-corrected chi connectivity index (χ0v) is 17.5. The molecule has 0 amide bonds. The minimum absolute atomic E-state index is 0.116. The van der Waals surface area contributed by atoms with Gasteiger partial charge in [-0.25, -0.2) is 4.98 Å². The second-order valence-electron chi connectivity index (χ2n) is 7.80. The molecular weight excluding hydrogens is 398 g/mol. The number of anilines is 1. The molecular formula is C26H23N5O. The topological polar surface area (TPSA) is 99.9 Å². The average molecular weight is 422 g/mol. The monoisotopic (exact) mass is 421 g/mol. The Bertz CT molecular complexity index is 1390. The highest BCUT2D eigenvalue weighted by molar-refractivity contribution is 6.09. The molecule has 6 heteroatoms. The summed E-state index contributed by atoms with van der Waals surface area (Å²) in [7, 11) is 0. The quantitative estimate of drug-likeness (QED) is 0.395. The highest BCUT2D eigenvalue weighted by Gasteiger charge is 2.11. The maximum Gasteiger partial charge on any atom is 0.138 e. The van der Waals surface area contributed by atoms with Crippen LogP contribution in [0.15, 0.2) is 85.3 Å². The Morgan fingerprint density at radius 1 is 0.844 bits per heavy atom. The van der Waals surface area contributed by atoms with Crippen molar-refractivity contribution in [3.05, 3.63) is 90.9 Å². The van der Waals surface area contributed by atoms with Gasteiger partial charge in [0.15, 0.2) is 0 Å². The molecule has 3 aromatic heterocycles. The number of hydrogen-bond donors (Lipinski definition) is 2. The number of nitrogens with zero attached hydrogens (tertiary/aromatic N) is 3. The standard InChI is InChI=1S/C26H23N5O/c27-19(10-17-6-2-1-3-7-17)16-32-20-11-18(13-29-14-20)25-12-22-21-8-4-5-9-24(21)30-15-23(22)26(28)31-25/h1-9,11-15,19H,10,16,27H2,(H2,28,31)/t19-/m0/s1. The molecule has 1 atom stereocenters. The van der Waals surface area contributed by atoms with Crippen molar-refractivity contribution < 1.29 is 4.74 Å². The summed E-state index contributed by atoms with van der Waals surface area (Å²) in [5.74, 6) is 1.08. The molecule has 3 heterocycles. The van der Waals surface area contributed by atoms with Crippen molar-refractivity contribution in [2.24, 2.45) is 5.73 Å². The largest absolute Gasteiger partial charge is 0.490 e. The zero-order chi connectivity index (χ0) is 21.9. The summed E-state index contributed by atoms with van der Waals surface area (Å²) in [5, 5.41) is 2.88. The van der Waals surface area contributed by atoms with Gasteiger partial charge in [0.05, 0.1) is 17.4 Å². The van der Waals surface area contributed by atoms with E-state index in [2.05, 4.69) is 27.1 Å². The molecule has 6 nitrogen and oxygen atoms in total. The molecule has 5 rings (SSSR count). The first-order chi connectivity index (χ1) is 15.7. The first-order valence-electron chi connectivity index (χ1n) is 10.5. The SMILES string of the molecule is Nc1nc(-c2cncc(OC[C@@H](N)Cc3ccccc3)c2)cc2c1cnc1ccccc12. The number of benzene rings is 2. The molecule has 2 aromatic carbocycles. The van der Waals surface area contributed by atoms with Crippen molar-refractivity contribution in [1.29, 1.82) is 0 Å². The third-order valence-electron chi connectivity index (χ3n) is 5.43. The highest BCUT2D eigenvalue weighted by Crippen LogP contribution is 2.31. The zero-order valence-electron chi connectivity index (χ0n) is 17.5. The molecule has 0 saturated heterocycles. The summed E-state index contributed by atoms with van der Waals surface area (Å²) in [5.41, 5.74) is 16.2. The van der Waals surface area contributed by atoms with Crippen LogP contribution in [0.2, 0.25) is 0 Å². The Balaban J connectivity index is 1.41. The van der Waals surface area contributed by atoms with Gasteiger partial charge in [0.25, 0.3) is 0 Å². The van der Waals surface area contributed by atoms with E-state index in [4.69, 9.17) is 16.2 Å². The smallest absolute Gasteiger partial charge is 0.138 e. The maximum absolute atomic E-state index is 6.28. The summed E-state index contributed by atoms with van der Waals surface area (Å²) in [6, 6.07) is 22.0. The normalized spacial score (nSPS) is 12.2. The maximum atomic E-state index is 6.28. The Morgan fingerprint density at radius 3 is 2.53 bits per heavy atom. The minimum Gasteiger partial charge on any atom is -0.490 e. The fourth-order valence-corrected chi connectivity index (χ4v) is 3.85. The van der Waals surface area contributed by atoms with E-state index in [0.717, 1.165) is 39.4 Å². The number of hydrogen-bond acceptors (Lipinski definition) is 6. The van der Waals surface area contributed by atoms with Crippen molar-refractivity contribution in [3.63, 3.8) is 0 Å². The average Bonchev–Trinajstić information content (AvgIpc) is 2.83. The highest BCUT2D eigenvalue weighted by atomic mass is 16.5. The van der Waals surface area contributed by atoms with E-state index in [0.29, 0.717) is 18.2 Å². The van der Waals surface area contributed by atoms with Crippen molar-refractivity contribution >= 4 is 27.5 Å². The second kappa shape index (κ2) is 8.61. The van der Waals surface area contributed by atoms with Gasteiger partial charge in [0.1, 0.15) is 18.2 Å². The first kappa shape index (κ1) is 19.9. The predicted octanol–water partition coefficient (Wildman–Crippen LogP) is 4.38. The van der Waals surface area contributed by atoms with E-state index in [9.17, 15) is 0 Å². The van der Waals surface area contributed by atoms with Crippen LogP contribution in [0.1, 0.15) is 5.56 Å². The third kappa shape index (κ3) is 4.08. The van der Waals surface area contributed by atoms with Crippen LogP contribution >= 0.6 is 0 Å². The van der Waals surface area contributed by atoms with Crippen LogP contribution in [0.5, 0.6) is 5.75 Å². The third-order valence-corrected chi connectivity index (χ3v) is 5.43. The van der Waals surface area contributed by atoms with Crippen molar-refractivity contribution in [2.45, 2.75) is 12.5 Å². The van der Waals surface area contributed by atoms with Gasteiger partial charge in [-0.2, -0.15) is 0 Å². The van der Waals surface area contributed by atoms with Gasteiger partial charge in [-0.15, -0.1) is 0 Å². The molecule has 5 aromatic rings. The Hall–Kier alpha value is -4.03. The summed E-state index contributed by atoms with van der Waals surface area (Å²) < 4.78 is 5.93. The molecule has 0 radical (unpaired) electrons. The molecule has 0 unspecified atom stereocenters. The lowest BCUT2D eigenvalue weighted by molar-refractivity contribution is 0.286. The summed E-state index contributed by atoms with van der Waals surface area (Å²) in [6.45, 7) is 0.392. The van der Waals surface area contributed by atoms with Gasteiger partial charge in [-0.1, -0.05) is 48.5 Å². The lowest BCUT2D eigenvalue weighted by Crippen LogP contribution is -2.30. The number of rotatable bonds is 6. The fraction of sp³-hybridized carbons (Fsp3) is 0.115. The van der Waals surface area contributed by atoms with Crippen molar-refractivity contribution in [1.82, 2.24) is 15.0 Å². The van der Waals surface area contributed by atoms with Crippen LogP contribution in [-0.2, 0) is 6.42 Å². The number of fused-ring (bicyclic) bond motifs is 3. The number of pyridine rings is 3. The fourth-order valence-electron chi connectivity index (χ4n) is 3.85. The van der Waals surface area contributed by atoms with Gasteiger partial charge in [0, 0.05) is 34.8 Å². The van der Waals surface area contributed by atoms with Gasteiger partial charge in [-0.05, 0) is 35.6 Å². The molecule has 0 spiro atoms. The number of aromatic nitrogens is 3. The summed E-state index contributed by atoms with van der Waals surface area (Å²) in [6.07, 6.45) is 5.96. The van der Waals surface area contributed by atoms with E-state index in [-0.39, 0.29) is 6.04 Å². The van der Waals surface area contributed by atoms with Gasteiger partial charge >= 0.3 is 0 Å². The van der Waals surface area contributed by atoms with E-state index in [1.165, 1.54) is 5.56 Å². The number of para-hydroxylation sites is 1. The van der Waals surface area contributed by atoms with Crippen molar-refractivity contribution in [2.75, 3.05) is 12.3 Å². The van der Waals surface area contributed by atoms with E-state index >= 15 is 0 Å². The molecule has 0 aliphatic rings. The van der Waals surface area contributed by atoms with Gasteiger partial charge in [-0.3, -0.25) is 9.97 Å². The van der Waals surface area contributed by atoms with Crippen LogP contribution < -0.4 is 16.2 Å². The lowest BCUT2D eigenvalue weighted by Gasteiger charge is -2.14. The summed E-state index contributed by atoms with van der Waals surface area (Å²) >= 11 is 0. The van der Waals surface area contributed by atoms with Gasteiger partial charge in [0.2, 0.25) is 0 Å². The van der Waals surface area contributed by atoms with Crippen LogP contribution in [0.4, 0.5) is 5.82 Å². The molecule has 32 heavy (non-hydrogen) atoms. The van der Waals surface area contributed by atoms with Crippen LogP contribution in [0, 0.1) is 0 Å². The lowest BCUT2D eigenvalue weighted by atomic mass is 10.0. The van der Waals surface area contributed by atoms with Gasteiger partial charge < -0.3 is 16.2 Å². The molecule has 0 aliphatic heterocycles. The number of nitrogen functional groups attached to an aromatic ring is 1. The predicted molar refractivity (Wildman–Crippen MR) is 128 cm³/mol. The van der Waals surface area contributed by atoms with E-state index in [1.807, 2.05) is 54.6 Å². The molecule has 4 N–H and O–H groups in total. The Labute approximate surface area is 185 Å². The first-order valence-corrected chi connectivity index (χ1v) is 10.5. The van der Waals surface area contributed by atoms with E-state index in [1.54, 1.807) is 18.6 Å². The Morgan fingerprint density at radius 2 is 1.66 bits per heavy atom. The van der Waals surface area contributed by atoms with Crippen LogP contribution in [0.25, 0.3) is 32.9 Å². The molecule has 0 saturated carbocycles. The Kier molecular flexibility index (Phi) is 5.35. The van der Waals surface area contributed by atoms with Crippen molar-refractivity contribution in [3.8, 4) is 17.0 Å². The number of nitrogens with two attached hydrogens (primary N) is 2.